The lowest BCUT2D eigenvalue weighted by Crippen LogP contribution is -2.44. The van der Waals surface area contributed by atoms with Crippen molar-refractivity contribution in [3.05, 3.63) is 0 Å². The van der Waals surface area contributed by atoms with Gasteiger partial charge in [0.2, 0.25) is 0 Å². The van der Waals surface area contributed by atoms with Gasteiger partial charge in [0.25, 0.3) is 0 Å². The fourth-order valence-electron chi connectivity index (χ4n) is 1.42. The summed E-state index contributed by atoms with van der Waals surface area (Å²) in [5.74, 6) is 0.131. The molecule has 0 amide bonds. The lowest BCUT2D eigenvalue weighted by atomic mass is 10.1. The highest BCUT2D eigenvalue weighted by Crippen LogP contribution is 2.01. The van der Waals surface area contributed by atoms with Gasteiger partial charge in [0.05, 0.1) is 12.0 Å². The van der Waals surface area contributed by atoms with E-state index in [4.69, 9.17) is 5.26 Å². The molecular weight excluding hydrogens is 150 g/mol. The van der Waals surface area contributed by atoms with Crippen molar-refractivity contribution in [1.82, 2.24) is 10.6 Å². The maximum absolute atomic E-state index is 8.56. The number of piperidine rings is 1. The number of nitrogens with one attached hydrogen (secondary N) is 2. The minimum atomic E-state index is 0.131. The highest BCUT2D eigenvalue weighted by atomic mass is 15.0. The van der Waals surface area contributed by atoms with Crippen LogP contribution in [0.25, 0.3) is 0 Å². The minimum Gasteiger partial charge on any atom is -0.315 e. The molecule has 0 aromatic rings. The van der Waals surface area contributed by atoms with Crippen molar-refractivity contribution < 1.29 is 0 Å². The molecule has 0 aromatic carbocycles. The second-order valence-corrected chi connectivity index (χ2v) is 3.48. The molecule has 3 heteroatoms. The van der Waals surface area contributed by atoms with Gasteiger partial charge >= 0.3 is 0 Å². The van der Waals surface area contributed by atoms with Crippen LogP contribution in [0, 0.1) is 17.2 Å². The molecule has 1 saturated heterocycles. The van der Waals surface area contributed by atoms with E-state index in [0.29, 0.717) is 6.04 Å². The molecule has 2 atom stereocenters. The molecule has 0 aliphatic carbocycles. The Labute approximate surface area is 74.1 Å². The van der Waals surface area contributed by atoms with Crippen molar-refractivity contribution in [3.63, 3.8) is 0 Å². The van der Waals surface area contributed by atoms with Gasteiger partial charge in [-0.3, -0.25) is 0 Å². The van der Waals surface area contributed by atoms with Crippen LogP contribution in [0.2, 0.25) is 0 Å². The molecule has 0 saturated carbocycles. The Hall–Kier alpha value is -0.590. The normalized spacial score (nSPS) is 26.2. The summed E-state index contributed by atoms with van der Waals surface area (Å²) in [7, 11) is 0. The Bertz CT molecular complexity index is 156. The summed E-state index contributed by atoms with van der Waals surface area (Å²) in [6.07, 6.45) is 2.49. The third-order valence-electron chi connectivity index (χ3n) is 2.23. The van der Waals surface area contributed by atoms with Crippen molar-refractivity contribution in [3.8, 4) is 6.07 Å². The van der Waals surface area contributed by atoms with Gasteiger partial charge in [0.1, 0.15) is 0 Å². The van der Waals surface area contributed by atoms with Crippen LogP contribution in [-0.2, 0) is 0 Å². The molecule has 0 bridgehead atoms. The predicted octanol–water partition coefficient (Wildman–Crippen LogP) is 0.488. The van der Waals surface area contributed by atoms with Crippen LogP contribution in [0.15, 0.2) is 0 Å². The largest absolute Gasteiger partial charge is 0.315 e. The van der Waals surface area contributed by atoms with E-state index in [2.05, 4.69) is 16.7 Å². The van der Waals surface area contributed by atoms with Crippen LogP contribution in [-0.4, -0.2) is 25.7 Å². The van der Waals surface area contributed by atoms with E-state index in [1.807, 2.05) is 6.92 Å². The molecular formula is C9H17N3. The summed E-state index contributed by atoms with van der Waals surface area (Å²) in [5.41, 5.74) is 0. The predicted molar refractivity (Wildman–Crippen MR) is 48.7 cm³/mol. The molecule has 2 N–H and O–H groups in total. The van der Waals surface area contributed by atoms with Crippen LogP contribution in [0.3, 0.4) is 0 Å². The smallest absolute Gasteiger partial charge is 0.0666 e. The monoisotopic (exact) mass is 167 g/mol. The van der Waals surface area contributed by atoms with E-state index in [-0.39, 0.29) is 5.92 Å². The first-order valence-corrected chi connectivity index (χ1v) is 4.66. The van der Waals surface area contributed by atoms with Gasteiger partial charge in [-0.15, -0.1) is 0 Å². The summed E-state index contributed by atoms with van der Waals surface area (Å²) in [6, 6.07) is 2.80. The average molecular weight is 167 g/mol. The van der Waals surface area contributed by atoms with E-state index in [1.165, 1.54) is 12.8 Å². The van der Waals surface area contributed by atoms with Crippen molar-refractivity contribution in [2.45, 2.75) is 25.8 Å². The average Bonchev–Trinajstić information content (AvgIpc) is 2.16. The van der Waals surface area contributed by atoms with Gasteiger partial charge in [-0.25, -0.2) is 0 Å². The molecule has 1 fully saturated rings. The molecule has 1 rings (SSSR count). The Morgan fingerprint density at radius 1 is 1.75 bits per heavy atom. The summed E-state index contributed by atoms with van der Waals surface area (Å²) in [4.78, 5) is 0. The molecule has 12 heavy (non-hydrogen) atoms. The maximum Gasteiger partial charge on any atom is 0.0666 e. The highest BCUT2D eigenvalue weighted by molar-refractivity contribution is 4.83. The molecule has 68 valence electrons. The van der Waals surface area contributed by atoms with Gasteiger partial charge in [-0.2, -0.15) is 5.26 Å². The molecule has 1 aliphatic rings. The lowest BCUT2D eigenvalue weighted by molar-refractivity contribution is 0.381. The summed E-state index contributed by atoms with van der Waals surface area (Å²) >= 11 is 0. The zero-order valence-corrected chi connectivity index (χ0v) is 7.64. The van der Waals surface area contributed by atoms with Crippen molar-refractivity contribution >= 4 is 0 Å². The number of nitriles is 1. The number of rotatable bonds is 3. The Morgan fingerprint density at radius 2 is 2.58 bits per heavy atom. The molecule has 0 aromatic heterocycles. The minimum absolute atomic E-state index is 0.131. The van der Waals surface area contributed by atoms with Crippen molar-refractivity contribution in [1.29, 1.82) is 5.26 Å². The van der Waals surface area contributed by atoms with Gasteiger partial charge in [0.15, 0.2) is 0 Å². The van der Waals surface area contributed by atoms with E-state index >= 15 is 0 Å². The molecule has 1 heterocycles. The van der Waals surface area contributed by atoms with Crippen LogP contribution < -0.4 is 10.6 Å². The van der Waals surface area contributed by atoms with Crippen LogP contribution in [0.5, 0.6) is 0 Å². The molecule has 1 aliphatic heterocycles. The Morgan fingerprint density at radius 3 is 3.17 bits per heavy atom. The van der Waals surface area contributed by atoms with Crippen molar-refractivity contribution in [2.75, 3.05) is 19.6 Å². The fraction of sp³-hybridized carbons (Fsp3) is 0.889. The zero-order valence-electron chi connectivity index (χ0n) is 7.64. The van der Waals surface area contributed by atoms with Gasteiger partial charge in [0, 0.05) is 19.1 Å². The fourth-order valence-corrected chi connectivity index (χ4v) is 1.42. The number of nitrogens with zero attached hydrogens (tertiary/aromatic N) is 1. The van der Waals surface area contributed by atoms with Crippen molar-refractivity contribution in [2.24, 2.45) is 5.92 Å². The third kappa shape index (κ3) is 3.21. The van der Waals surface area contributed by atoms with Crippen LogP contribution >= 0.6 is 0 Å². The lowest BCUT2D eigenvalue weighted by Gasteiger charge is -2.24. The molecule has 0 radical (unpaired) electrons. The first kappa shape index (κ1) is 9.50. The van der Waals surface area contributed by atoms with E-state index in [0.717, 1.165) is 19.6 Å². The Kier molecular flexibility index (Phi) is 4.06. The summed E-state index contributed by atoms with van der Waals surface area (Å²) in [6.45, 7) is 4.97. The van der Waals surface area contributed by atoms with E-state index in [9.17, 15) is 0 Å². The van der Waals surface area contributed by atoms with Gasteiger partial charge in [-0.1, -0.05) is 0 Å². The quantitative estimate of drug-likeness (QED) is 0.643. The topological polar surface area (TPSA) is 47.9 Å². The maximum atomic E-state index is 8.56. The second-order valence-electron chi connectivity index (χ2n) is 3.48. The van der Waals surface area contributed by atoms with Crippen LogP contribution in [0.1, 0.15) is 19.8 Å². The van der Waals surface area contributed by atoms with Gasteiger partial charge in [-0.05, 0) is 26.3 Å². The number of hydrogen-bond acceptors (Lipinski definition) is 3. The standard InChI is InChI=1S/C9H17N3/c1-8(5-10)6-12-9-3-2-4-11-7-9/h8-9,11-12H,2-4,6-7H2,1H3. The SMILES string of the molecule is CC(C#N)CNC1CCCNC1. The second kappa shape index (κ2) is 5.13. The number of hydrogen-bond donors (Lipinski definition) is 2. The summed E-state index contributed by atoms with van der Waals surface area (Å²) in [5, 5.41) is 15.3. The van der Waals surface area contributed by atoms with E-state index in [1.54, 1.807) is 0 Å². The third-order valence-corrected chi connectivity index (χ3v) is 2.23. The van der Waals surface area contributed by atoms with Crippen LogP contribution in [0.4, 0.5) is 0 Å². The van der Waals surface area contributed by atoms with Gasteiger partial charge < -0.3 is 10.6 Å². The summed E-state index contributed by atoms with van der Waals surface area (Å²) < 4.78 is 0. The van der Waals surface area contributed by atoms with E-state index < -0.39 is 0 Å². The molecule has 0 spiro atoms. The first-order valence-electron chi connectivity index (χ1n) is 4.66. The zero-order chi connectivity index (χ0) is 8.81. The Balaban J connectivity index is 2.10. The molecule has 3 nitrogen and oxygen atoms in total. The molecule has 2 unspecified atom stereocenters. The highest BCUT2D eigenvalue weighted by Gasteiger charge is 2.12. The first-order chi connectivity index (χ1) is 5.83.